The van der Waals surface area contributed by atoms with Gasteiger partial charge in [-0.15, -0.1) is 5.10 Å². The van der Waals surface area contributed by atoms with Crippen LogP contribution >= 0.6 is 0 Å². The number of hydrogen-bond donors (Lipinski definition) is 2. The Bertz CT molecular complexity index is 1230. The van der Waals surface area contributed by atoms with E-state index in [1.807, 2.05) is 55.7 Å². The third-order valence-corrected chi connectivity index (χ3v) is 5.09. The number of fused-ring (bicyclic) bond motifs is 1. The summed E-state index contributed by atoms with van der Waals surface area (Å²) in [5.41, 5.74) is 7.97. The number of amides is 2. The number of nitrogens with one attached hydrogen (secondary N) is 1. The van der Waals surface area contributed by atoms with Crippen LogP contribution in [0, 0.1) is 0 Å². The summed E-state index contributed by atoms with van der Waals surface area (Å²) < 4.78 is 8.79. The summed E-state index contributed by atoms with van der Waals surface area (Å²) >= 11 is 0. The molecule has 0 aliphatic carbocycles. The molecule has 10 nitrogen and oxygen atoms in total. The maximum atomic E-state index is 12.8. The first-order chi connectivity index (χ1) is 15.6. The number of hydrogen-bond acceptors (Lipinski definition) is 6. The van der Waals surface area contributed by atoms with Gasteiger partial charge in [-0.05, 0) is 18.6 Å². The average Bonchev–Trinajstić information content (AvgIpc) is 3.54. The van der Waals surface area contributed by atoms with Gasteiger partial charge >= 0.3 is 0 Å². The van der Waals surface area contributed by atoms with E-state index in [-0.39, 0.29) is 18.4 Å². The Hall–Kier alpha value is -4.05. The normalized spacial score (nSPS) is 15.2. The molecule has 0 radical (unpaired) electrons. The van der Waals surface area contributed by atoms with Crippen LogP contribution in [0.2, 0.25) is 0 Å². The van der Waals surface area contributed by atoms with Gasteiger partial charge in [-0.25, -0.2) is 9.50 Å². The molecule has 4 heterocycles. The number of pyridine rings is 1. The predicted molar refractivity (Wildman–Crippen MR) is 118 cm³/mol. The minimum atomic E-state index is -0.144. The highest BCUT2D eigenvalue weighted by atomic mass is 16.5. The molecule has 2 amide bonds. The average molecular weight is 433 g/mol. The van der Waals surface area contributed by atoms with Gasteiger partial charge in [0.25, 0.3) is 5.91 Å². The van der Waals surface area contributed by atoms with Gasteiger partial charge < -0.3 is 15.8 Å². The first-order valence-corrected chi connectivity index (χ1v) is 10.1. The zero-order chi connectivity index (χ0) is 22.5. The molecule has 3 aromatic heterocycles. The van der Waals surface area contributed by atoms with E-state index in [0.717, 1.165) is 23.2 Å². The summed E-state index contributed by atoms with van der Waals surface area (Å²) in [5.74, 6) is 0.516. The molecule has 1 fully saturated rings. The summed E-state index contributed by atoms with van der Waals surface area (Å²) in [6.45, 7) is 1.23. The molecule has 1 saturated heterocycles. The Morgan fingerprint density at radius 3 is 2.75 bits per heavy atom. The Morgan fingerprint density at radius 1 is 1.25 bits per heavy atom. The van der Waals surface area contributed by atoms with Crippen LogP contribution in [0.15, 0.2) is 54.9 Å². The van der Waals surface area contributed by atoms with Crippen LogP contribution in [0.3, 0.4) is 0 Å². The van der Waals surface area contributed by atoms with Crippen molar-refractivity contribution in [2.45, 2.75) is 12.5 Å². The molecular formula is C22H23N7O3. The maximum Gasteiger partial charge on any atom is 0.255 e. The minimum Gasteiger partial charge on any atom is -0.379 e. The molecule has 0 saturated carbocycles. The number of rotatable bonds is 4. The monoisotopic (exact) mass is 433 g/mol. The van der Waals surface area contributed by atoms with Gasteiger partial charge in [-0.2, -0.15) is 5.10 Å². The van der Waals surface area contributed by atoms with E-state index in [2.05, 4.69) is 26.2 Å². The van der Waals surface area contributed by atoms with Gasteiger partial charge in [0, 0.05) is 31.0 Å². The molecule has 1 unspecified atom stereocenters. The predicted octanol–water partition coefficient (Wildman–Crippen LogP) is 1.42. The van der Waals surface area contributed by atoms with Gasteiger partial charge in [0.1, 0.15) is 0 Å². The van der Waals surface area contributed by atoms with Crippen molar-refractivity contribution >= 4 is 18.0 Å². The molecule has 3 N–H and O–H groups in total. The van der Waals surface area contributed by atoms with Crippen LogP contribution in [0.1, 0.15) is 16.8 Å². The van der Waals surface area contributed by atoms with E-state index in [0.29, 0.717) is 30.2 Å². The second kappa shape index (κ2) is 9.40. The zero-order valence-electron chi connectivity index (χ0n) is 17.5. The van der Waals surface area contributed by atoms with Crippen LogP contribution < -0.4 is 11.1 Å². The van der Waals surface area contributed by atoms with E-state index in [1.165, 1.54) is 0 Å². The van der Waals surface area contributed by atoms with Crippen LogP contribution in [0.4, 0.5) is 0 Å². The Morgan fingerprint density at radius 2 is 2.03 bits per heavy atom. The number of carbonyl (C=O) groups is 2. The van der Waals surface area contributed by atoms with Gasteiger partial charge in [-0.1, -0.05) is 30.3 Å². The van der Waals surface area contributed by atoms with Crippen LogP contribution in [-0.2, 0) is 16.6 Å². The first kappa shape index (κ1) is 21.2. The van der Waals surface area contributed by atoms with Crippen molar-refractivity contribution in [2.24, 2.45) is 12.8 Å². The molecule has 164 valence electrons. The fraction of sp³-hybridized carbons (Fsp3) is 0.227. The van der Waals surface area contributed by atoms with E-state index in [4.69, 9.17) is 9.53 Å². The minimum absolute atomic E-state index is 0.0444. The third kappa shape index (κ3) is 4.35. The first-order valence-electron chi connectivity index (χ1n) is 10.1. The van der Waals surface area contributed by atoms with E-state index in [1.54, 1.807) is 15.4 Å². The molecule has 10 heteroatoms. The molecule has 32 heavy (non-hydrogen) atoms. The van der Waals surface area contributed by atoms with Crippen LogP contribution in [0.5, 0.6) is 0 Å². The van der Waals surface area contributed by atoms with E-state index in [9.17, 15) is 4.79 Å². The number of primary amides is 1. The van der Waals surface area contributed by atoms with Gasteiger partial charge in [0.05, 0.1) is 30.1 Å². The SMILES string of the molecule is Cn1ncc(C(=O)NC2CCOC2)c1-c1ccn2nc(-c3ccccc3)nc2c1.NC=O. The lowest BCUT2D eigenvalue weighted by atomic mass is 10.1. The van der Waals surface area contributed by atoms with Crippen molar-refractivity contribution in [1.29, 1.82) is 0 Å². The molecule has 0 bridgehead atoms. The van der Waals surface area contributed by atoms with Crippen molar-refractivity contribution in [3.63, 3.8) is 0 Å². The number of aryl methyl sites for hydroxylation is 1. The molecular weight excluding hydrogens is 410 g/mol. The largest absolute Gasteiger partial charge is 0.379 e. The van der Waals surface area contributed by atoms with Gasteiger partial charge in [0.2, 0.25) is 6.41 Å². The number of carbonyl (C=O) groups excluding carboxylic acids is 2. The summed E-state index contributed by atoms with van der Waals surface area (Å²) in [4.78, 5) is 26.0. The lowest BCUT2D eigenvalue weighted by Crippen LogP contribution is -2.35. The van der Waals surface area contributed by atoms with Crippen molar-refractivity contribution < 1.29 is 14.3 Å². The smallest absolute Gasteiger partial charge is 0.255 e. The molecule has 4 aromatic rings. The Kier molecular flexibility index (Phi) is 6.22. The quantitative estimate of drug-likeness (QED) is 0.468. The fourth-order valence-corrected chi connectivity index (χ4v) is 3.60. The van der Waals surface area contributed by atoms with E-state index >= 15 is 0 Å². The lowest BCUT2D eigenvalue weighted by Gasteiger charge is -2.11. The second-order valence-corrected chi connectivity index (χ2v) is 7.22. The molecule has 5 rings (SSSR count). The fourth-order valence-electron chi connectivity index (χ4n) is 3.60. The van der Waals surface area contributed by atoms with E-state index < -0.39 is 0 Å². The number of nitrogens with two attached hydrogens (primary N) is 1. The lowest BCUT2D eigenvalue weighted by molar-refractivity contribution is -0.106. The van der Waals surface area contributed by atoms with Crippen molar-refractivity contribution in [3.8, 4) is 22.6 Å². The molecule has 1 aliphatic rings. The second-order valence-electron chi connectivity index (χ2n) is 7.22. The third-order valence-electron chi connectivity index (χ3n) is 5.09. The summed E-state index contributed by atoms with van der Waals surface area (Å²) in [6.07, 6.45) is 4.53. The highest BCUT2D eigenvalue weighted by Crippen LogP contribution is 2.25. The maximum absolute atomic E-state index is 12.8. The highest BCUT2D eigenvalue weighted by molar-refractivity contribution is 6.00. The van der Waals surface area contributed by atoms with Gasteiger partial charge in [0.15, 0.2) is 11.5 Å². The van der Waals surface area contributed by atoms with Crippen molar-refractivity contribution in [2.75, 3.05) is 13.2 Å². The highest BCUT2D eigenvalue weighted by Gasteiger charge is 2.23. The number of ether oxygens (including phenoxy) is 1. The van der Waals surface area contributed by atoms with Gasteiger partial charge in [-0.3, -0.25) is 14.3 Å². The Labute approximate surface area is 184 Å². The molecule has 0 spiro atoms. The number of benzene rings is 1. The zero-order valence-corrected chi connectivity index (χ0v) is 17.5. The molecule has 1 atom stereocenters. The van der Waals surface area contributed by atoms with Crippen molar-refractivity contribution in [3.05, 3.63) is 60.4 Å². The van der Waals surface area contributed by atoms with Crippen LogP contribution in [-0.4, -0.2) is 56.0 Å². The van der Waals surface area contributed by atoms with Crippen LogP contribution in [0.25, 0.3) is 28.3 Å². The van der Waals surface area contributed by atoms with Crippen molar-refractivity contribution in [1.82, 2.24) is 29.7 Å². The Balaban J connectivity index is 0.000000775. The molecule has 1 aromatic carbocycles. The summed E-state index contributed by atoms with van der Waals surface area (Å²) in [7, 11) is 1.83. The number of nitrogens with zero attached hydrogens (tertiary/aromatic N) is 5. The summed E-state index contributed by atoms with van der Waals surface area (Å²) in [5, 5.41) is 11.9. The standard InChI is InChI=1S/C21H20N6O2.CH3NO/c1-26-19(17(12-22-26)21(28)23-16-8-10-29-13-16)15-7-9-27-18(11-15)24-20(25-27)14-5-3-2-4-6-14;2-1-3/h2-7,9,11-12,16H,8,10,13H2,1H3,(H,23,28);1H,(H2,2,3). The molecule has 1 aliphatic heterocycles. The topological polar surface area (TPSA) is 129 Å². The number of aromatic nitrogens is 5. The summed E-state index contributed by atoms with van der Waals surface area (Å²) in [6, 6.07) is 13.7.